The first-order chi connectivity index (χ1) is 11.4. The van der Waals surface area contributed by atoms with Crippen LogP contribution in [0, 0.1) is 17.8 Å². The van der Waals surface area contributed by atoms with Crippen molar-refractivity contribution in [2.45, 2.75) is 47.5 Å². The van der Waals surface area contributed by atoms with Crippen LogP contribution in [0.15, 0.2) is 83.1 Å². The van der Waals surface area contributed by atoms with Gasteiger partial charge in [-0.25, -0.2) is 0 Å². The van der Waals surface area contributed by atoms with Crippen molar-refractivity contribution < 1.29 is 0 Å². The molecule has 3 unspecified atom stereocenters. The van der Waals surface area contributed by atoms with Gasteiger partial charge in [0.2, 0.25) is 0 Å². The Morgan fingerprint density at radius 2 is 1.79 bits per heavy atom. The lowest BCUT2D eigenvalue weighted by atomic mass is 9.70. The highest BCUT2D eigenvalue weighted by Crippen LogP contribution is 2.39. The van der Waals surface area contributed by atoms with Gasteiger partial charge in [-0.3, -0.25) is 0 Å². The fourth-order valence-corrected chi connectivity index (χ4v) is 3.57. The Labute approximate surface area is 148 Å². The van der Waals surface area contributed by atoms with Gasteiger partial charge < -0.3 is 0 Å². The summed E-state index contributed by atoms with van der Waals surface area (Å²) in [5.41, 5.74) is 6.76. The molecule has 0 fully saturated rings. The van der Waals surface area contributed by atoms with Crippen molar-refractivity contribution in [3.05, 3.63) is 83.1 Å². The van der Waals surface area contributed by atoms with Crippen molar-refractivity contribution >= 4 is 0 Å². The third-order valence-electron chi connectivity index (χ3n) is 5.47. The average molecular weight is 321 g/mol. The van der Waals surface area contributed by atoms with Gasteiger partial charge in [0.1, 0.15) is 0 Å². The van der Waals surface area contributed by atoms with Gasteiger partial charge in [0, 0.05) is 0 Å². The third-order valence-corrected chi connectivity index (χ3v) is 5.47. The molecule has 0 spiro atoms. The molecular formula is C24H32. The van der Waals surface area contributed by atoms with Crippen molar-refractivity contribution in [3.8, 4) is 0 Å². The fourth-order valence-electron chi connectivity index (χ4n) is 3.57. The van der Waals surface area contributed by atoms with E-state index in [4.69, 9.17) is 0 Å². The second kappa shape index (κ2) is 8.33. The van der Waals surface area contributed by atoms with Crippen molar-refractivity contribution in [1.29, 1.82) is 0 Å². The largest absolute Gasteiger partial charge is 0.0955 e. The van der Waals surface area contributed by atoms with E-state index >= 15 is 0 Å². The molecule has 3 atom stereocenters. The molecule has 24 heavy (non-hydrogen) atoms. The van der Waals surface area contributed by atoms with E-state index in [0.29, 0.717) is 17.8 Å². The van der Waals surface area contributed by atoms with Gasteiger partial charge in [-0.2, -0.15) is 0 Å². The molecule has 0 nitrogen and oxygen atoms in total. The zero-order chi connectivity index (χ0) is 17.7. The smallest absolute Gasteiger partial charge is 0.00357 e. The summed E-state index contributed by atoms with van der Waals surface area (Å²) in [5, 5.41) is 0. The zero-order valence-electron chi connectivity index (χ0n) is 16.0. The number of hydrogen-bond donors (Lipinski definition) is 0. The van der Waals surface area contributed by atoms with Crippen molar-refractivity contribution in [2.75, 3.05) is 0 Å². The van der Waals surface area contributed by atoms with Crippen molar-refractivity contribution in [3.63, 3.8) is 0 Å². The minimum absolute atomic E-state index is 0.464. The van der Waals surface area contributed by atoms with E-state index in [2.05, 4.69) is 89.8 Å². The molecule has 0 aliphatic heterocycles. The maximum Gasteiger partial charge on any atom is -0.00357 e. The van der Waals surface area contributed by atoms with Crippen LogP contribution >= 0.6 is 0 Å². The van der Waals surface area contributed by atoms with Crippen LogP contribution in [-0.4, -0.2) is 0 Å². The first-order valence-electron chi connectivity index (χ1n) is 9.12. The van der Waals surface area contributed by atoms with Gasteiger partial charge in [-0.05, 0) is 65.2 Å². The molecule has 0 heteroatoms. The highest BCUT2D eigenvalue weighted by Gasteiger charge is 2.29. The lowest BCUT2D eigenvalue weighted by molar-refractivity contribution is 0.358. The van der Waals surface area contributed by atoms with Gasteiger partial charge in [0.25, 0.3) is 0 Å². The number of allylic oxidation sites excluding steroid dienone is 13. The van der Waals surface area contributed by atoms with Crippen LogP contribution < -0.4 is 0 Å². The molecule has 128 valence electrons. The Bertz CT molecular complexity index is 658. The molecule has 0 aromatic heterocycles. The van der Waals surface area contributed by atoms with E-state index in [1.165, 1.54) is 27.9 Å². The second-order valence-corrected chi connectivity index (χ2v) is 7.31. The summed E-state index contributed by atoms with van der Waals surface area (Å²) in [5.74, 6) is 1.54. The molecule has 0 aromatic carbocycles. The first kappa shape index (κ1) is 18.5. The lowest BCUT2D eigenvalue weighted by Gasteiger charge is -2.34. The van der Waals surface area contributed by atoms with Gasteiger partial charge in [0.05, 0.1) is 0 Å². The molecule has 2 aliphatic rings. The van der Waals surface area contributed by atoms with E-state index in [0.717, 1.165) is 12.8 Å². The predicted octanol–water partition coefficient (Wildman–Crippen LogP) is 7.12. The molecule has 0 saturated carbocycles. The molecule has 0 heterocycles. The van der Waals surface area contributed by atoms with Crippen LogP contribution in [0.5, 0.6) is 0 Å². The minimum atomic E-state index is 0.464. The molecule has 0 aromatic rings. The third kappa shape index (κ3) is 4.60. The van der Waals surface area contributed by atoms with E-state index in [1.807, 2.05) is 0 Å². The second-order valence-electron chi connectivity index (χ2n) is 7.31. The molecule has 0 N–H and O–H groups in total. The van der Waals surface area contributed by atoms with Gasteiger partial charge in [-0.15, -0.1) is 0 Å². The van der Waals surface area contributed by atoms with Gasteiger partial charge in [0.15, 0.2) is 0 Å². The predicted molar refractivity (Wildman–Crippen MR) is 108 cm³/mol. The maximum atomic E-state index is 4.46. The minimum Gasteiger partial charge on any atom is -0.0955 e. The van der Waals surface area contributed by atoms with Crippen LogP contribution in [-0.2, 0) is 0 Å². The Balaban J connectivity index is 2.27. The Kier molecular flexibility index (Phi) is 6.43. The summed E-state index contributed by atoms with van der Waals surface area (Å²) >= 11 is 0. The fraction of sp³-hybridized carbons (Fsp3) is 0.417. The highest BCUT2D eigenvalue weighted by atomic mass is 14.3. The standard InChI is InChI=1S/C24H32/c1-7-17(2)8-11-20(5)24(22-13-9-18(3)10-14-22)23-15-12-19(4)21(6)16-23/h7-13,16,22-24H,5,14-15H2,1-4,6H3. The van der Waals surface area contributed by atoms with Crippen molar-refractivity contribution in [2.24, 2.45) is 17.8 Å². The van der Waals surface area contributed by atoms with Crippen LogP contribution in [0.4, 0.5) is 0 Å². The summed E-state index contributed by atoms with van der Waals surface area (Å²) in [4.78, 5) is 0. The SMILES string of the molecule is C=C(C=CC(C)=CC)C(C1C=CC(C)=CC1)C1C=C(C)C(C)=CC1. The Hall–Kier alpha value is -1.82. The molecule has 0 amide bonds. The Morgan fingerprint density at radius 3 is 2.38 bits per heavy atom. The van der Waals surface area contributed by atoms with Gasteiger partial charge >= 0.3 is 0 Å². The van der Waals surface area contributed by atoms with Crippen LogP contribution in [0.1, 0.15) is 47.5 Å². The molecule has 2 aliphatic carbocycles. The molecular weight excluding hydrogens is 288 g/mol. The maximum absolute atomic E-state index is 4.46. The normalized spacial score (nSPS) is 26.0. The van der Waals surface area contributed by atoms with E-state index < -0.39 is 0 Å². The monoisotopic (exact) mass is 320 g/mol. The van der Waals surface area contributed by atoms with Crippen LogP contribution in [0.3, 0.4) is 0 Å². The summed E-state index contributed by atoms with van der Waals surface area (Å²) in [6.45, 7) is 15.3. The molecule has 2 rings (SSSR count). The average Bonchev–Trinajstić information content (AvgIpc) is 2.57. The summed E-state index contributed by atoms with van der Waals surface area (Å²) in [7, 11) is 0. The molecule has 0 bridgehead atoms. The molecule has 0 radical (unpaired) electrons. The van der Waals surface area contributed by atoms with E-state index in [-0.39, 0.29) is 0 Å². The zero-order valence-corrected chi connectivity index (χ0v) is 16.0. The van der Waals surface area contributed by atoms with Crippen LogP contribution in [0.25, 0.3) is 0 Å². The van der Waals surface area contributed by atoms with E-state index in [1.54, 1.807) is 0 Å². The Morgan fingerprint density at radius 1 is 1.08 bits per heavy atom. The molecule has 0 saturated heterocycles. The summed E-state index contributed by atoms with van der Waals surface area (Å²) in [6.07, 6.45) is 20.7. The van der Waals surface area contributed by atoms with E-state index in [9.17, 15) is 0 Å². The van der Waals surface area contributed by atoms with Crippen molar-refractivity contribution in [1.82, 2.24) is 0 Å². The first-order valence-corrected chi connectivity index (χ1v) is 9.12. The van der Waals surface area contributed by atoms with Crippen LogP contribution in [0.2, 0.25) is 0 Å². The summed E-state index contributed by atoms with van der Waals surface area (Å²) in [6, 6.07) is 0. The highest BCUT2D eigenvalue weighted by molar-refractivity contribution is 5.36. The van der Waals surface area contributed by atoms with Gasteiger partial charge in [-0.1, -0.05) is 83.1 Å². The topological polar surface area (TPSA) is 0 Å². The lowest BCUT2D eigenvalue weighted by Crippen LogP contribution is -2.24. The number of hydrogen-bond acceptors (Lipinski definition) is 0. The quantitative estimate of drug-likeness (QED) is 0.473. The number of rotatable bonds is 5. The summed E-state index contributed by atoms with van der Waals surface area (Å²) < 4.78 is 0.